The highest BCUT2D eigenvalue weighted by Crippen LogP contribution is 2.07. The van der Waals surface area contributed by atoms with Gasteiger partial charge >= 0.3 is 5.97 Å². The Morgan fingerprint density at radius 1 is 1.05 bits per heavy atom. The van der Waals surface area contributed by atoms with E-state index >= 15 is 0 Å². The molecule has 0 aromatic heterocycles. The third-order valence-electron chi connectivity index (χ3n) is 2.82. The second-order valence-electron chi connectivity index (χ2n) is 4.36. The monoisotopic (exact) mass is 262 g/mol. The van der Waals surface area contributed by atoms with Gasteiger partial charge in [-0.15, -0.1) is 0 Å². The first-order valence-corrected chi connectivity index (χ1v) is 6.24. The molecule has 0 aliphatic carbocycles. The first kappa shape index (κ1) is 13.6. The minimum absolute atomic E-state index is 0.842. The lowest BCUT2D eigenvalue weighted by molar-refractivity contribution is -0.131. The number of aryl methyl sites for hydroxylation is 1. The molecule has 0 saturated carbocycles. The fourth-order valence-electron chi connectivity index (χ4n) is 1.70. The third kappa shape index (κ3) is 3.86. The number of aliphatic carboxylic acids is 1. The maximum atomic E-state index is 10.4. The van der Waals surface area contributed by atoms with E-state index < -0.39 is 5.97 Å². The summed E-state index contributed by atoms with van der Waals surface area (Å²) in [5, 5.41) is 8.56. The second kappa shape index (κ2) is 6.40. The van der Waals surface area contributed by atoms with Gasteiger partial charge in [-0.25, -0.2) is 4.79 Å². The van der Waals surface area contributed by atoms with Crippen LogP contribution in [0.3, 0.4) is 0 Å². The summed E-state index contributed by atoms with van der Waals surface area (Å²) in [5.41, 5.74) is 3.91. The molecule has 0 atom stereocenters. The topological polar surface area (TPSA) is 37.3 Å². The Kier molecular flexibility index (Phi) is 4.36. The average Bonchev–Trinajstić information content (AvgIpc) is 2.45. The van der Waals surface area contributed by atoms with Crippen LogP contribution in [-0.2, 0) is 4.79 Å². The van der Waals surface area contributed by atoms with Gasteiger partial charge in [0.1, 0.15) is 0 Å². The van der Waals surface area contributed by atoms with E-state index in [-0.39, 0.29) is 0 Å². The molecule has 0 fully saturated rings. The summed E-state index contributed by atoms with van der Waals surface area (Å²) < 4.78 is 0. The number of hydrogen-bond acceptors (Lipinski definition) is 1. The molecule has 2 aromatic carbocycles. The van der Waals surface area contributed by atoms with Crippen molar-refractivity contribution in [1.82, 2.24) is 0 Å². The van der Waals surface area contributed by atoms with Crippen LogP contribution in [0.15, 0.2) is 54.6 Å². The zero-order valence-corrected chi connectivity index (χ0v) is 11.1. The maximum absolute atomic E-state index is 10.4. The summed E-state index contributed by atoms with van der Waals surface area (Å²) in [6, 6.07) is 15.4. The Morgan fingerprint density at radius 3 is 2.40 bits per heavy atom. The SMILES string of the molecule is Cc1ccccc1C#Cc1ccc(/C=C/C(=O)O)cc1. The molecular weight excluding hydrogens is 248 g/mol. The molecule has 0 aliphatic rings. The molecule has 0 aliphatic heterocycles. The van der Waals surface area contributed by atoms with E-state index in [1.807, 2.05) is 55.5 Å². The van der Waals surface area contributed by atoms with Crippen molar-refractivity contribution >= 4 is 12.0 Å². The molecule has 0 radical (unpaired) electrons. The Hall–Kier alpha value is -2.79. The lowest BCUT2D eigenvalue weighted by Gasteiger charge is -1.96. The van der Waals surface area contributed by atoms with Crippen LogP contribution in [0.5, 0.6) is 0 Å². The molecule has 2 heteroatoms. The fourth-order valence-corrected chi connectivity index (χ4v) is 1.70. The van der Waals surface area contributed by atoms with E-state index in [4.69, 9.17) is 5.11 Å². The smallest absolute Gasteiger partial charge is 0.328 e. The predicted molar refractivity (Wildman–Crippen MR) is 80.3 cm³/mol. The number of hydrogen-bond donors (Lipinski definition) is 1. The van der Waals surface area contributed by atoms with Crippen LogP contribution in [0.4, 0.5) is 0 Å². The van der Waals surface area contributed by atoms with Gasteiger partial charge in [-0.05, 0) is 42.3 Å². The summed E-state index contributed by atoms with van der Waals surface area (Å²) in [4.78, 5) is 10.4. The molecule has 20 heavy (non-hydrogen) atoms. The van der Waals surface area contributed by atoms with Crippen molar-refractivity contribution in [3.8, 4) is 11.8 Å². The lowest BCUT2D eigenvalue weighted by Crippen LogP contribution is -1.85. The molecule has 2 aromatic rings. The van der Waals surface area contributed by atoms with E-state index in [9.17, 15) is 4.79 Å². The number of carboxylic acid groups (broad SMARTS) is 1. The Balaban J connectivity index is 2.16. The number of carboxylic acids is 1. The zero-order chi connectivity index (χ0) is 14.4. The van der Waals surface area contributed by atoms with Gasteiger partial charge < -0.3 is 5.11 Å². The zero-order valence-electron chi connectivity index (χ0n) is 11.1. The highest BCUT2D eigenvalue weighted by molar-refractivity contribution is 5.85. The Labute approximate surface area is 118 Å². The minimum Gasteiger partial charge on any atom is -0.478 e. The van der Waals surface area contributed by atoms with Gasteiger partial charge in [-0.1, -0.05) is 42.2 Å². The van der Waals surface area contributed by atoms with Crippen LogP contribution >= 0.6 is 0 Å². The normalized spacial score (nSPS) is 10.1. The largest absolute Gasteiger partial charge is 0.478 e. The first-order chi connectivity index (χ1) is 9.65. The summed E-state index contributed by atoms with van der Waals surface area (Å²) in [6.07, 6.45) is 2.68. The summed E-state index contributed by atoms with van der Waals surface area (Å²) in [5.74, 6) is 5.29. The molecule has 0 unspecified atom stereocenters. The highest BCUT2D eigenvalue weighted by atomic mass is 16.4. The van der Waals surface area contributed by atoms with Crippen LogP contribution in [-0.4, -0.2) is 11.1 Å². The van der Waals surface area contributed by atoms with Crippen molar-refractivity contribution in [3.63, 3.8) is 0 Å². The summed E-state index contributed by atoms with van der Waals surface area (Å²) in [6.45, 7) is 2.03. The molecule has 0 amide bonds. The molecule has 0 spiro atoms. The van der Waals surface area contributed by atoms with Crippen molar-refractivity contribution in [2.24, 2.45) is 0 Å². The Bertz CT molecular complexity index is 698. The van der Waals surface area contributed by atoms with Gasteiger partial charge in [-0.3, -0.25) is 0 Å². The van der Waals surface area contributed by atoms with E-state index in [0.29, 0.717) is 0 Å². The first-order valence-electron chi connectivity index (χ1n) is 6.24. The van der Waals surface area contributed by atoms with Gasteiger partial charge in [0.05, 0.1) is 0 Å². The summed E-state index contributed by atoms with van der Waals surface area (Å²) >= 11 is 0. The number of benzene rings is 2. The highest BCUT2D eigenvalue weighted by Gasteiger charge is 1.92. The van der Waals surface area contributed by atoms with Gasteiger partial charge in [0.25, 0.3) is 0 Å². The fraction of sp³-hybridized carbons (Fsp3) is 0.0556. The van der Waals surface area contributed by atoms with Crippen molar-refractivity contribution in [1.29, 1.82) is 0 Å². The Morgan fingerprint density at radius 2 is 1.75 bits per heavy atom. The molecule has 2 rings (SSSR count). The van der Waals surface area contributed by atoms with Gasteiger partial charge in [-0.2, -0.15) is 0 Å². The van der Waals surface area contributed by atoms with E-state index in [1.54, 1.807) is 6.08 Å². The van der Waals surface area contributed by atoms with Gasteiger partial charge in [0, 0.05) is 17.2 Å². The van der Waals surface area contributed by atoms with Gasteiger partial charge in [0.2, 0.25) is 0 Å². The van der Waals surface area contributed by atoms with Gasteiger partial charge in [0.15, 0.2) is 0 Å². The standard InChI is InChI=1S/C18H14O2/c1-14-4-2-3-5-17(14)12-10-15-6-8-16(9-7-15)11-13-18(19)20/h2-9,11,13H,1H3,(H,19,20)/b13-11+. The minimum atomic E-state index is -0.951. The van der Waals surface area contributed by atoms with Crippen molar-refractivity contribution in [2.45, 2.75) is 6.92 Å². The molecule has 0 heterocycles. The quantitative estimate of drug-likeness (QED) is 0.664. The second-order valence-corrected chi connectivity index (χ2v) is 4.36. The molecule has 0 saturated heterocycles. The van der Waals surface area contributed by atoms with Crippen molar-refractivity contribution < 1.29 is 9.90 Å². The van der Waals surface area contributed by atoms with Crippen LogP contribution < -0.4 is 0 Å². The molecule has 0 bridgehead atoms. The molecule has 2 nitrogen and oxygen atoms in total. The molecule has 1 N–H and O–H groups in total. The molecule has 98 valence electrons. The van der Waals surface area contributed by atoms with E-state index in [1.165, 1.54) is 0 Å². The van der Waals surface area contributed by atoms with Crippen molar-refractivity contribution in [3.05, 3.63) is 76.9 Å². The summed E-state index contributed by atoms with van der Waals surface area (Å²) in [7, 11) is 0. The van der Waals surface area contributed by atoms with E-state index in [0.717, 1.165) is 28.3 Å². The van der Waals surface area contributed by atoms with Crippen LogP contribution in [0.1, 0.15) is 22.3 Å². The lowest BCUT2D eigenvalue weighted by atomic mass is 10.1. The van der Waals surface area contributed by atoms with Crippen LogP contribution in [0, 0.1) is 18.8 Å². The molecular formula is C18H14O2. The average molecular weight is 262 g/mol. The maximum Gasteiger partial charge on any atom is 0.328 e. The van der Waals surface area contributed by atoms with Crippen molar-refractivity contribution in [2.75, 3.05) is 0 Å². The predicted octanol–water partition coefficient (Wildman–Crippen LogP) is 3.49. The number of rotatable bonds is 2. The third-order valence-corrected chi connectivity index (χ3v) is 2.82. The van der Waals surface area contributed by atoms with Crippen LogP contribution in [0.25, 0.3) is 6.08 Å². The number of carbonyl (C=O) groups is 1. The van der Waals surface area contributed by atoms with E-state index in [2.05, 4.69) is 11.8 Å². The van der Waals surface area contributed by atoms with Crippen LogP contribution in [0.2, 0.25) is 0 Å².